The molecule has 0 radical (unpaired) electrons. The van der Waals surface area contributed by atoms with E-state index in [2.05, 4.69) is 59.7 Å². The lowest BCUT2D eigenvalue weighted by atomic mass is 10.1. The standard InChI is InChI=1S/C22H40N4/c1-20(2)18-26(19-22-8-4-7-21(3)17-22)12-6-11-25-15-13-24(14-16-25)10-5-9-23/h4,7-8,17,20H,5-6,9-16,18-19,23H2,1-3H3. The van der Waals surface area contributed by atoms with Gasteiger partial charge < -0.3 is 15.5 Å². The fourth-order valence-corrected chi connectivity index (χ4v) is 3.89. The molecule has 1 aliphatic rings. The Kier molecular flexibility index (Phi) is 9.62. The number of hydrogen-bond acceptors (Lipinski definition) is 4. The third-order valence-electron chi connectivity index (χ3n) is 5.20. The minimum Gasteiger partial charge on any atom is -0.330 e. The summed E-state index contributed by atoms with van der Waals surface area (Å²) >= 11 is 0. The SMILES string of the molecule is Cc1cccc(CN(CCCN2CCN(CCCN)CC2)CC(C)C)c1. The van der Waals surface area contributed by atoms with Crippen molar-refractivity contribution < 1.29 is 0 Å². The van der Waals surface area contributed by atoms with Gasteiger partial charge >= 0.3 is 0 Å². The minimum atomic E-state index is 0.714. The van der Waals surface area contributed by atoms with Crippen molar-refractivity contribution in [1.29, 1.82) is 0 Å². The van der Waals surface area contributed by atoms with Crippen LogP contribution >= 0.6 is 0 Å². The highest BCUT2D eigenvalue weighted by atomic mass is 15.3. The van der Waals surface area contributed by atoms with E-state index in [0.29, 0.717) is 5.92 Å². The fourth-order valence-electron chi connectivity index (χ4n) is 3.89. The Morgan fingerprint density at radius 1 is 1.04 bits per heavy atom. The second-order valence-electron chi connectivity index (χ2n) is 8.30. The van der Waals surface area contributed by atoms with Gasteiger partial charge in [0.2, 0.25) is 0 Å². The lowest BCUT2D eigenvalue weighted by Crippen LogP contribution is -2.47. The predicted octanol–water partition coefficient (Wildman–Crippen LogP) is 2.81. The van der Waals surface area contributed by atoms with Crippen molar-refractivity contribution in [1.82, 2.24) is 14.7 Å². The van der Waals surface area contributed by atoms with Gasteiger partial charge in [-0.15, -0.1) is 0 Å². The molecule has 0 spiro atoms. The molecule has 1 heterocycles. The minimum absolute atomic E-state index is 0.714. The first kappa shape index (κ1) is 21.4. The molecule has 1 aromatic carbocycles. The van der Waals surface area contributed by atoms with Crippen molar-refractivity contribution in [2.24, 2.45) is 11.7 Å². The Hall–Kier alpha value is -0.940. The van der Waals surface area contributed by atoms with Crippen LogP contribution in [0.5, 0.6) is 0 Å². The lowest BCUT2D eigenvalue weighted by Gasteiger charge is -2.35. The summed E-state index contributed by atoms with van der Waals surface area (Å²) in [6, 6.07) is 8.96. The van der Waals surface area contributed by atoms with E-state index in [1.165, 1.54) is 69.9 Å². The zero-order chi connectivity index (χ0) is 18.8. The monoisotopic (exact) mass is 360 g/mol. The molecule has 0 amide bonds. The molecule has 148 valence electrons. The highest BCUT2D eigenvalue weighted by molar-refractivity contribution is 5.22. The van der Waals surface area contributed by atoms with Gasteiger partial charge in [0.1, 0.15) is 0 Å². The molecule has 2 rings (SSSR count). The molecule has 1 aromatic rings. The van der Waals surface area contributed by atoms with Crippen molar-refractivity contribution >= 4 is 0 Å². The third-order valence-corrected chi connectivity index (χ3v) is 5.20. The molecule has 0 bridgehead atoms. The number of nitrogens with two attached hydrogens (primary N) is 1. The van der Waals surface area contributed by atoms with Gasteiger partial charge in [0.25, 0.3) is 0 Å². The van der Waals surface area contributed by atoms with Crippen molar-refractivity contribution in [3.8, 4) is 0 Å². The van der Waals surface area contributed by atoms with Gasteiger partial charge in [0, 0.05) is 39.3 Å². The number of nitrogens with zero attached hydrogens (tertiary/aromatic N) is 3. The zero-order valence-corrected chi connectivity index (χ0v) is 17.3. The lowest BCUT2D eigenvalue weighted by molar-refractivity contribution is 0.124. The number of aryl methyl sites for hydroxylation is 1. The molecule has 1 saturated heterocycles. The fraction of sp³-hybridized carbons (Fsp3) is 0.727. The first-order valence-electron chi connectivity index (χ1n) is 10.5. The van der Waals surface area contributed by atoms with Crippen LogP contribution < -0.4 is 5.73 Å². The second-order valence-corrected chi connectivity index (χ2v) is 8.30. The molecule has 4 heteroatoms. The van der Waals surface area contributed by atoms with E-state index >= 15 is 0 Å². The quantitative estimate of drug-likeness (QED) is 0.658. The maximum atomic E-state index is 5.62. The summed E-state index contributed by atoms with van der Waals surface area (Å²) in [5, 5.41) is 0. The zero-order valence-electron chi connectivity index (χ0n) is 17.3. The maximum Gasteiger partial charge on any atom is 0.0233 e. The molecule has 26 heavy (non-hydrogen) atoms. The van der Waals surface area contributed by atoms with E-state index in [-0.39, 0.29) is 0 Å². The van der Waals surface area contributed by atoms with Gasteiger partial charge in [-0.3, -0.25) is 4.90 Å². The van der Waals surface area contributed by atoms with Crippen LogP contribution in [0, 0.1) is 12.8 Å². The Labute approximate surface area is 161 Å². The van der Waals surface area contributed by atoms with E-state index in [1.54, 1.807) is 0 Å². The van der Waals surface area contributed by atoms with Crippen LogP contribution in [0.15, 0.2) is 24.3 Å². The largest absolute Gasteiger partial charge is 0.330 e. The van der Waals surface area contributed by atoms with Crippen LogP contribution in [0.1, 0.15) is 37.8 Å². The van der Waals surface area contributed by atoms with E-state index in [0.717, 1.165) is 19.5 Å². The molecule has 0 unspecified atom stereocenters. The third kappa shape index (κ3) is 8.17. The van der Waals surface area contributed by atoms with Crippen molar-refractivity contribution in [3.05, 3.63) is 35.4 Å². The summed E-state index contributed by atoms with van der Waals surface area (Å²) < 4.78 is 0. The summed E-state index contributed by atoms with van der Waals surface area (Å²) in [6.07, 6.45) is 2.39. The molecule has 2 N–H and O–H groups in total. The van der Waals surface area contributed by atoms with Crippen LogP contribution in [0.3, 0.4) is 0 Å². The molecule has 0 aliphatic carbocycles. The van der Waals surface area contributed by atoms with Gasteiger partial charge in [0.15, 0.2) is 0 Å². The molecule has 0 atom stereocenters. The van der Waals surface area contributed by atoms with E-state index in [1.807, 2.05) is 0 Å². The number of hydrogen-bond donors (Lipinski definition) is 1. The molecule has 1 fully saturated rings. The summed E-state index contributed by atoms with van der Waals surface area (Å²) in [7, 11) is 0. The van der Waals surface area contributed by atoms with E-state index in [4.69, 9.17) is 5.73 Å². The highest BCUT2D eigenvalue weighted by Crippen LogP contribution is 2.11. The average Bonchev–Trinajstić information content (AvgIpc) is 2.60. The van der Waals surface area contributed by atoms with Crippen LogP contribution in [0.2, 0.25) is 0 Å². The van der Waals surface area contributed by atoms with E-state index < -0.39 is 0 Å². The first-order chi connectivity index (χ1) is 12.6. The molecule has 0 aromatic heterocycles. The Balaban J connectivity index is 1.72. The van der Waals surface area contributed by atoms with E-state index in [9.17, 15) is 0 Å². The van der Waals surface area contributed by atoms with Crippen molar-refractivity contribution in [2.45, 2.75) is 40.2 Å². The number of rotatable bonds is 11. The van der Waals surface area contributed by atoms with Gasteiger partial charge in [-0.05, 0) is 57.4 Å². The molecule has 4 nitrogen and oxygen atoms in total. The summed E-state index contributed by atoms with van der Waals surface area (Å²) in [5.74, 6) is 0.714. The molecule has 0 saturated carbocycles. The molecular weight excluding hydrogens is 320 g/mol. The van der Waals surface area contributed by atoms with Gasteiger partial charge in [-0.1, -0.05) is 43.7 Å². The van der Waals surface area contributed by atoms with Gasteiger partial charge in [-0.25, -0.2) is 0 Å². The second kappa shape index (κ2) is 11.7. The van der Waals surface area contributed by atoms with Gasteiger partial charge in [0.05, 0.1) is 0 Å². The normalized spacial score (nSPS) is 16.7. The number of benzene rings is 1. The van der Waals surface area contributed by atoms with Gasteiger partial charge in [-0.2, -0.15) is 0 Å². The maximum absolute atomic E-state index is 5.62. The molecular formula is C22H40N4. The van der Waals surface area contributed by atoms with Crippen LogP contribution in [-0.4, -0.2) is 73.6 Å². The summed E-state index contributed by atoms with van der Waals surface area (Å²) in [5.41, 5.74) is 8.43. The topological polar surface area (TPSA) is 35.7 Å². The predicted molar refractivity (Wildman–Crippen MR) is 112 cm³/mol. The Morgan fingerprint density at radius 3 is 2.27 bits per heavy atom. The van der Waals surface area contributed by atoms with Crippen LogP contribution in [0.25, 0.3) is 0 Å². The average molecular weight is 361 g/mol. The van der Waals surface area contributed by atoms with Crippen molar-refractivity contribution in [2.75, 3.05) is 58.9 Å². The highest BCUT2D eigenvalue weighted by Gasteiger charge is 2.16. The Bertz CT molecular complexity index is 495. The smallest absolute Gasteiger partial charge is 0.0233 e. The van der Waals surface area contributed by atoms with Crippen molar-refractivity contribution in [3.63, 3.8) is 0 Å². The van der Waals surface area contributed by atoms with Crippen LogP contribution in [0.4, 0.5) is 0 Å². The summed E-state index contributed by atoms with van der Waals surface area (Å²) in [6.45, 7) is 18.3. The summed E-state index contributed by atoms with van der Waals surface area (Å²) in [4.78, 5) is 7.84. The molecule has 1 aliphatic heterocycles. The Morgan fingerprint density at radius 2 is 1.69 bits per heavy atom. The van der Waals surface area contributed by atoms with Crippen LogP contribution in [-0.2, 0) is 6.54 Å². The first-order valence-corrected chi connectivity index (χ1v) is 10.5. The number of piperazine rings is 1.